The summed E-state index contributed by atoms with van der Waals surface area (Å²) in [7, 11) is -3.52. The van der Waals surface area contributed by atoms with E-state index in [1.165, 1.54) is 18.2 Å². The van der Waals surface area contributed by atoms with Crippen LogP contribution in [-0.4, -0.2) is 33.5 Å². The van der Waals surface area contributed by atoms with E-state index in [4.69, 9.17) is 16.3 Å². The molecule has 0 spiro atoms. The molecule has 102 valence electrons. The van der Waals surface area contributed by atoms with Gasteiger partial charge >= 0.3 is 0 Å². The average molecular weight is 422 g/mol. The van der Waals surface area contributed by atoms with Crippen LogP contribution in [0.3, 0.4) is 0 Å². The Bertz CT molecular complexity index is 496. The topological polar surface area (TPSA) is 55.4 Å². The minimum absolute atomic E-state index is 0.166. The van der Waals surface area contributed by atoms with Gasteiger partial charge in [0.05, 0.1) is 23.1 Å². The van der Waals surface area contributed by atoms with Gasteiger partial charge in [0.1, 0.15) is 0 Å². The van der Waals surface area contributed by atoms with Crippen molar-refractivity contribution < 1.29 is 13.2 Å². The number of benzene rings is 1. The van der Waals surface area contributed by atoms with Crippen LogP contribution in [0.4, 0.5) is 0 Å². The van der Waals surface area contributed by atoms with Gasteiger partial charge in [-0.2, -0.15) is 0 Å². The fourth-order valence-electron chi connectivity index (χ4n) is 1.13. The molecule has 0 radical (unpaired) electrons. The molecular formula is C10H12Br2ClNO3S. The summed E-state index contributed by atoms with van der Waals surface area (Å²) in [5, 5.41) is 1.19. The predicted molar refractivity (Wildman–Crippen MR) is 79.0 cm³/mol. The molecule has 0 amide bonds. The van der Waals surface area contributed by atoms with Crippen LogP contribution >= 0.6 is 43.5 Å². The summed E-state index contributed by atoms with van der Waals surface area (Å²) >= 11 is 12.2. The largest absolute Gasteiger partial charge is 0.379 e. The second kappa shape index (κ2) is 7.81. The van der Waals surface area contributed by atoms with Crippen LogP contribution in [0.25, 0.3) is 0 Å². The summed E-state index contributed by atoms with van der Waals surface area (Å²) in [5.74, 6) is 0. The van der Waals surface area contributed by atoms with Gasteiger partial charge in [-0.05, 0) is 34.1 Å². The summed E-state index contributed by atoms with van der Waals surface area (Å²) in [6, 6.07) is 4.44. The lowest BCUT2D eigenvalue weighted by atomic mass is 10.4. The Morgan fingerprint density at radius 1 is 1.33 bits per heavy atom. The van der Waals surface area contributed by atoms with Crippen molar-refractivity contribution in [1.29, 1.82) is 0 Å². The maximum absolute atomic E-state index is 11.9. The Morgan fingerprint density at radius 2 is 2.06 bits per heavy atom. The van der Waals surface area contributed by atoms with E-state index in [0.29, 0.717) is 22.7 Å². The molecule has 0 saturated carbocycles. The van der Waals surface area contributed by atoms with Gasteiger partial charge in [-0.3, -0.25) is 0 Å². The van der Waals surface area contributed by atoms with E-state index in [-0.39, 0.29) is 11.4 Å². The molecule has 0 saturated heterocycles. The van der Waals surface area contributed by atoms with Crippen LogP contribution in [0, 0.1) is 0 Å². The highest BCUT2D eigenvalue weighted by molar-refractivity contribution is 9.10. The third-order valence-corrected chi connectivity index (χ3v) is 4.96. The number of halogens is 3. The molecule has 0 aliphatic rings. The van der Waals surface area contributed by atoms with E-state index >= 15 is 0 Å². The minimum atomic E-state index is -3.52. The first-order chi connectivity index (χ1) is 8.47. The smallest absolute Gasteiger partial charge is 0.240 e. The quantitative estimate of drug-likeness (QED) is 0.544. The second-order valence-electron chi connectivity index (χ2n) is 3.28. The van der Waals surface area contributed by atoms with E-state index in [2.05, 4.69) is 36.6 Å². The standard InChI is InChI=1S/C10H12Br2ClNO3S/c11-3-5-17-6-4-14-18(15,16)8-1-2-10(13)9(12)7-8/h1-2,7,14H,3-6H2. The third kappa shape index (κ3) is 5.14. The summed E-state index contributed by atoms with van der Waals surface area (Å²) in [6.45, 7) is 1.11. The predicted octanol–water partition coefficient (Wildman–Crippen LogP) is 2.79. The SMILES string of the molecule is O=S(=O)(NCCOCCBr)c1ccc(Cl)c(Br)c1. The van der Waals surface area contributed by atoms with Crippen molar-refractivity contribution in [3.63, 3.8) is 0 Å². The van der Waals surface area contributed by atoms with Crippen LogP contribution < -0.4 is 4.72 Å². The van der Waals surface area contributed by atoms with Crippen molar-refractivity contribution in [1.82, 2.24) is 4.72 Å². The van der Waals surface area contributed by atoms with Crippen molar-refractivity contribution in [3.8, 4) is 0 Å². The van der Waals surface area contributed by atoms with Crippen LogP contribution in [0.1, 0.15) is 0 Å². The molecule has 1 aromatic carbocycles. The molecule has 18 heavy (non-hydrogen) atoms. The highest BCUT2D eigenvalue weighted by Gasteiger charge is 2.14. The van der Waals surface area contributed by atoms with Crippen molar-refractivity contribution in [2.24, 2.45) is 0 Å². The zero-order valence-electron chi connectivity index (χ0n) is 9.33. The van der Waals surface area contributed by atoms with Crippen LogP contribution in [0.15, 0.2) is 27.6 Å². The van der Waals surface area contributed by atoms with Crippen molar-refractivity contribution >= 4 is 53.5 Å². The first-order valence-electron chi connectivity index (χ1n) is 5.06. The summed E-state index contributed by atoms with van der Waals surface area (Å²) < 4.78 is 31.9. The highest BCUT2D eigenvalue weighted by atomic mass is 79.9. The molecule has 0 bridgehead atoms. The van der Waals surface area contributed by atoms with Crippen molar-refractivity contribution in [3.05, 3.63) is 27.7 Å². The lowest BCUT2D eigenvalue weighted by Crippen LogP contribution is -2.27. The average Bonchev–Trinajstić information content (AvgIpc) is 2.32. The third-order valence-electron chi connectivity index (χ3n) is 1.96. The molecule has 8 heteroatoms. The number of rotatable bonds is 7. The van der Waals surface area contributed by atoms with Crippen molar-refractivity contribution in [2.45, 2.75) is 4.90 Å². The van der Waals surface area contributed by atoms with Crippen LogP contribution in [0.2, 0.25) is 5.02 Å². The van der Waals surface area contributed by atoms with E-state index in [1.54, 1.807) is 0 Å². The summed E-state index contributed by atoms with van der Waals surface area (Å²) in [4.78, 5) is 0.166. The Balaban J connectivity index is 2.60. The zero-order valence-corrected chi connectivity index (χ0v) is 14.1. The lowest BCUT2D eigenvalue weighted by molar-refractivity contribution is 0.156. The van der Waals surface area contributed by atoms with Crippen molar-refractivity contribution in [2.75, 3.05) is 25.1 Å². The lowest BCUT2D eigenvalue weighted by Gasteiger charge is -2.07. The molecule has 4 nitrogen and oxygen atoms in total. The van der Waals surface area contributed by atoms with Gasteiger partial charge < -0.3 is 4.74 Å². The monoisotopic (exact) mass is 419 g/mol. The maximum Gasteiger partial charge on any atom is 0.240 e. The molecule has 1 aromatic rings. The van der Waals surface area contributed by atoms with E-state index in [1.807, 2.05) is 0 Å². The van der Waals surface area contributed by atoms with Gasteiger partial charge in [0.15, 0.2) is 0 Å². The number of sulfonamides is 1. The Morgan fingerprint density at radius 3 is 2.67 bits per heavy atom. The number of alkyl halides is 1. The Labute approximate surface area is 128 Å². The molecule has 0 aromatic heterocycles. The first-order valence-corrected chi connectivity index (χ1v) is 8.83. The number of nitrogens with one attached hydrogen (secondary N) is 1. The van der Waals surface area contributed by atoms with Gasteiger partial charge in [0.2, 0.25) is 10.0 Å². The van der Waals surface area contributed by atoms with Crippen LogP contribution in [0.5, 0.6) is 0 Å². The number of hydrogen-bond acceptors (Lipinski definition) is 3. The van der Waals surface area contributed by atoms with E-state index < -0.39 is 10.0 Å². The van der Waals surface area contributed by atoms with Gasteiger partial charge in [0.25, 0.3) is 0 Å². The number of hydrogen-bond donors (Lipinski definition) is 1. The number of ether oxygens (including phenoxy) is 1. The normalized spacial score (nSPS) is 11.7. The maximum atomic E-state index is 11.9. The minimum Gasteiger partial charge on any atom is -0.379 e. The first kappa shape index (κ1) is 16.4. The molecule has 0 atom stereocenters. The van der Waals surface area contributed by atoms with E-state index in [9.17, 15) is 8.42 Å². The highest BCUT2D eigenvalue weighted by Crippen LogP contribution is 2.25. The fourth-order valence-corrected chi connectivity index (χ4v) is 3.05. The molecule has 0 aliphatic carbocycles. The van der Waals surface area contributed by atoms with E-state index in [0.717, 1.165) is 5.33 Å². The second-order valence-corrected chi connectivity index (χ2v) is 7.10. The summed E-state index contributed by atoms with van der Waals surface area (Å²) in [6.07, 6.45) is 0. The van der Waals surface area contributed by atoms with Gasteiger partial charge in [-0.1, -0.05) is 27.5 Å². The van der Waals surface area contributed by atoms with Crippen LogP contribution in [-0.2, 0) is 14.8 Å². The molecule has 0 fully saturated rings. The summed E-state index contributed by atoms with van der Waals surface area (Å²) in [5.41, 5.74) is 0. The molecule has 0 unspecified atom stereocenters. The molecule has 0 heterocycles. The molecular weight excluding hydrogens is 409 g/mol. The van der Waals surface area contributed by atoms with Gasteiger partial charge in [-0.15, -0.1) is 0 Å². The zero-order chi connectivity index (χ0) is 13.6. The fraction of sp³-hybridized carbons (Fsp3) is 0.400. The van der Waals surface area contributed by atoms with Gasteiger partial charge in [0, 0.05) is 16.3 Å². The van der Waals surface area contributed by atoms with Gasteiger partial charge in [-0.25, -0.2) is 13.1 Å². The Hall–Kier alpha value is 0.340. The Kier molecular flexibility index (Phi) is 7.12. The molecule has 0 aliphatic heterocycles. The molecule has 1 N–H and O–H groups in total. The molecule has 1 rings (SSSR count).